The predicted molar refractivity (Wildman–Crippen MR) is 115 cm³/mol. The van der Waals surface area contributed by atoms with Crippen LogP contribution in [0.25, 0.3) is 0 Å². The highest BCUT2D eigenvalue weighted by atomic mass is 32.2. The Kier molecular flexibility index (Phi) is 9.93. The zero-order valence-corrected chi connectivity index (χ0v) is 18.3. The summed E-state index contributed by atoms with van der Waals surface area (Å²) in [5, 5.41) is 14.6. The summed E-state index contributed by atoms with van der Waals surface area (Å²) >= 11 is 0. The van der Waals surface area contributed by atoms with Gasteiger partial charge in [0.05, 0.1) is 4.90 Å². The molecule has 1 aliphatic carbocycles. The SMILES string of the molecule is O=C(CCCC(=O)NCC(NS(=O)(=O)c1ccccc1)C(=O)O)NCC1CCCCC1. The number of carboxylic acid groups (broad SMARTS) is 1. The molecule has 2 rings (SSSR count). The van der Waals surface area contributed by atoms with Gasteiger partial charge in [-0.05, 0) is 37.3 Å². The van der Waals surface area contributed by atoms with Gasteiger partial charge in [0.1, 0.15) is 6.04 Å². The van der Waals surface area contributed by atoms with Crippen LogP contribution in [-0.2, 0) is 24.4 Å². The molecule has 1 fully saturated rings. The second-order valence-electron chi connectivity index (χ2n) is 7.79. The van der Waals surface area contributed by atoms with Crippen molar-refractivity contribution in [3.8, 4) is 0 Å². The lowest BCUT2D eigenvalue weighted by Crippen LogP contribution is -2.48. The van der Waals surface area contributed by atoms with Crippen LogP contribution in [0.1, 0.15) is 51.4 Å². The van der Waals surface area contributed by atoms with Gasteiger partial charge in [-0.15, -0.1) is 0 Å². The molecule has 0 spiro atoms. The molecule has 172 valence electrons. The standard InChI is InChI=1S/C21H31N3O6S/c25-19(22-14-16-8-3-1-4-9-16)12-7-13-20(26)23-15-18(21(27)28)24-31(29,30)17-10-5-2-6-11-17/h2,5-6,10-11,16,18,24H,1,3-4,7-9,12-15H2,(H,22,25)(H,23,26)(H,27,28). The van der Waals surface area contributed by atoms with E-state index in [-0.39, 0.29) is 23.6 Å². The Hall–Kier alpha value is -2.46. The molecule has 9 nitrogen and oxygen atoms in total. The summed E-state index contributed by atoms with van der Waals surface area (Å²) < 4.78 is 26.6. The molecule has 0 radical (unpaired) electrons. The molecule has 1 aliphatic rings. The van der Waals surface area contributed by atoms with Crippen molar-refractivity contribution in [2.45, 2.75) is 62.3 Å². The quantitative estimate of drug-likeness (QED) is 0.377. The maximum atomic E-state index is 12.3. The van der Waals surface area contributed by atoms with Gasteiger partial charge in [-0.2, -0.15) is 4.72 Å². The Labute approximate surface area is 183 Å². The summed E-state index contributed by atoms with van der Waals surface area (Å²) in [7, 11) is -4.03. The molecule has 0 heterocycles. The zero-order chi connectivity index (χ0) is 22.7. The predicted octanol–water partition coefficient (Wildman–Crippen LogP) is 1.40. The Morgan fingerprint density at radius 2 is 1.58 bits per heavy atom. The van der Waals surface area contributed by atoms with Crippen molar-refractivity contribution < 1.29 is 27.9 Å². The van der Waals surface area contributed by atoms with E-state index in [2.05, 4.69) is 15.4 Å². The number of nitrogens with one attached hydrogen (secondary N) is 3. The number of carbonyl (C=O) groups is 3. The normalized spacial score (nSPS) is 15.7. The number of hydrogen-bond donors (Lipinski definition) is 4. The molecule has 1 unspecified atom stereocenters. The van der Waals surface area contributed by atoms with Crippen molar-refractivity contribution >= 4 is 27.8 Å². The molecule has 0 saturated heterocycles. The Morgan fingerprint density at radius 3 is 2.19 bits per heavy atom. The summed E-state index contributed by atoms with van der Waals surface area (Å²) in [5.74, 6) is -1.40. The molecule has 1 saturated carbocycles. The van der Waals surface area contributed by atoms with E-state index in [1.54, 1.807) is 6.07 Å². The van der Waals surface area contributed by atoms with Crippen molar-refractivity contribution in [1.29, 1.82) is 0 Å². The smallest absolute Gasteiger partial charge is 0.323 e. The summed E-state index contributed by atoms with van der Waals surface area (Å²) in [6.07, 6.45) is 6.55. The number of hydrogen-bond acceptors (Lipinski definition) is 5. The maximum Gasteiger partial charge on any atom is 0.323 e. The van der Waals surface area contributed by atoms with Crippen LogP contribution in [0.4, 0.5) is 0 Å². The first-order valence-corrected chi connectivity index (χ1v) is 12.1. The van der Waals surface area contributed by atoms with Crippen molar-refractivity contribution in [2.24, 2.45) is 5.92 Å². The van der Waals surface area contributed by atoms with Gasteiger partial charge >= 0.3 is 5.97 Å². The fourth-order valence-corrected chi connectivity index (χ4v) is 4.70. The fourth-order valence-electron chi connectivity index (χ4n) is 3.49. The fraction of sp³-hybridized carbons (Fsp3) is 0.571. The van der Waals surface area contributed by atoms with Crippen LogP contribution in [0.15, 0.2) is 35.2 Å². The molecule has 0 bridgehead atoms. The maximum absolute atomic E-state index is 12.3. The second kappa shape index (κ2) is 12.4. The van der Waals surface area contributed by atoms with Gasteiger partial charge in [-0.25, -0.2) is 8.42 Å². The Balaban J connectivity index is 1.69. The second-order valence-corrected chi connectivity index (χ2v) is 9.50. The highest BCUT2D eigenvalue weighted by Gasteiger charge is 2.25. The summed E-state index contributed by atoms with van der Waals surface area (Å²) in [6.45, 7) is 0.279. The van der Waals surface area contributed by atoms with Crippen LogP contribution in [0.2, 0.25) is 0 Å². The topological polar surface area (TPSA) is 142 Å². The molecule has 31 heavy (non-hydrogen) atoms. The molecule has 2 amide bonds. The third kappa shape index (κ3) is 9.06. The number of carboxylic acids is 1. The molecule has 1 atom stereocenters. The van der Waals surface area contributed by atoms with Crippen LogP contribution in [0.5, 0.6) is 0 Å². The van der Waals surface area contributed by atoms with Crippen molar-refractivity contribution in [2.75, 3.05) is 13.1 Å². The van der Waals surface area contributed by atoms with E-state index in [0.29, 0.717) is 18.9 Å². The summed E-state index contributed by atoms with van der Waals surface area (Å²) in [6, 6.07) is 5.88. The van der Waals surface area contributed by atoms with E-state index in [4.69, 9.17) is 0 Å². The van der Waals surface area contributed by atoms with Crippen LogP contribution < -0.4 is 15.4 Å². The lowest BCUT2D eigenvalue weighted by molar-refractivity contribution is -0.138. The third-order valence-corrected chi connectivity index (χ3v) is 6.76. The van der Waals surface area contributed by atoms with Gasteiger partial charge in [-0.1, -0.05) is 37.5 Å². The lowest BCUT2D eigenvalue weighted by Gasteiger charge is -2.21. The molecule has 1 aromatic carbocycles. The number of carbonyl (C=O) groups excluding carboxylic acids is 2. The van der Waals surface area contributed by atoms with Crippen molar-refractivity contribution in [1.82, 2.24) is 15.4 Å². The number of sulfonamides is 1. The average Bonchev–Trinajstić information content (AvgIpc) is 2.76. The van der Waals surface area contributed by atoms with Crippen molar-refractivity contribution in [3.63, 3.8) is 0 Å². The molecule has 4 N–H and O–H groups in total. The monoisotopic (exact) mass is 453 g/mol. The molecular weight excluding hydrogens is 422 g/mol. The minimum Gasteiger partial charge on any atom is -0.480 e. The molecule has 1 aromatic rings. The van der Waals surface area contributed by atoms with E-state index in [0.717, 1.165) is 12.8 Å². The molecule has 0 aliphatic heterocycles. The average molecular weight is 454 g/mol. The summed E-state index contributed by atoms with van der Waals surface area (Å²) in [4.78, 5) is 35.2. The van der Waals surface area contributed by atoms with E-state index in [1.165, 1.54) is 43.5 Å². The van der Waals surface area contributed by atoms with Gasteiger partial charge in [-0.3, -0.25) is 14.4 Å². The Bertz CT molecular complexity index is 838. The first-order valence-electron chi connectivity index (χ1n) is 10.6. The first-order chi connectivity index (χ1) is 14.8. The molecule has 0 aromatic heterocycles. The number of benzene rings is 1. The van der Waals surface area contributed by atoms with E-state index in [9.17, 15) is 27.9 Å². The van der Waals surface area contributed by atoms with Crippen LogP contribution in [0, 0.1) is 5.92 Å². The van der Waals surface area contributed by atoms with E-state index in [1.807, 2.05) is 0 Å². The van der Waals surface area contributed by atoms with Gasteiger partial charge in [0, 0.05) is 25.9 Å². The van der Waals surface area contributed by atoms with Gasteiger partial charge in [0.15, 0.2) is 0 Å². The molecular formula is C21H31N3O6S. The molecule has 10 heteroatoms. The van der Waals surface area contributed by atoms with Gasteiger partial charge in [0.2, 0.25) is 21.8 Å². The highest BCUT2D eigenvalue weighted by molar-refractivity contribution is 7.89. The Morgan fingerprint density at radius 1 is 0.968 bits per heavy atom. The summed E-state index contributed by atoms with van der Waals surface area (Å²) in [5.41, 5.74) is 0. The largest absolute Gasteiger partial charge is 0.480 e. The van der Waals surface area contributed by atoms with E-state index < -0.39 is 34.5 Å². The van der Waals surface area contributed by atoms with Crippen molar-refractivity contribution in [3.05, 3.63) is 30.3 Å². The minimum absolute atomic E-state index is 0.0502. The van der Waals surface area contributed by atoms with Crippen LogP contribution in [0.3, 0.4) is 0 Å². The van der Waals surface area contributed by atoms with Crippen LogP contribution in [-0.4, -0.2) is 50.4 Å². The van der Waals surface area contributed by atoms with E-state index >= 15 is 0 Å². The van der Waals surface area contributed by atoms with Gasteiger partial charge < -0.3 is 15.7 Å². The number of rotatable bonds is 12. The zero-order valence-electron chi connectivity index (χ0n) is 17.5. The highest BCUT2D eigenvalue weighted by Crippen LogP contribution is 2.22. The first kappa shape index (κ1) is 24.8. The third-order valence-electron chi connectivity index (χ3n) is 5.27. The van der Waals surface area contributed by atoms with Gasteiger partial charge in [0.25, 0.3) is 0 Å². The van der Waals surface area contributed by atoms with Crippen LogP contribution >= 0.6 is 0 Å². The lowest BCUT2D eigenvalue weighted by atomic mass is 9.89. The minimum atomic E-state index is -4.03. The number of aliphatic carboxylic acids is 1. The number of amides is 2.